The second-order valence-corrected chi connectivity index (χ2v) is 2.82. The molecule has 62 valence electrons. The van der Waals surface area contributed by atoms with Gasteiger partial charge in [-0.3, -0.25) is 0 Å². The Bertz CT molecular complexity index is 188. The van der Waals surface area contributed by atoms with Gasteiger partial charge in [-0.15, -0.1) is 11.3 Å². The van der Waals surface area contributed by atoms with E-state index >= 15 is 0 Å². The molecule has 0 radical (unpaired) electrons. The lowest BCUT2D eigenvalue weighted by Crippen LogP contribution is -2.05. The molecule has 4 heteroatoms. The Morgan fingerprint density at radius 1 is 1.73 bits per heavy atom. The molecule has 0 N–H and O–H groups in total. The van der Waals surface area contributed by atoms with Crippen LogP contribution in [0.2, 0.25) is 0 Å². The van der Waals surface area contributed by atoms with Crippen molar-refractivity contribution in [2.45, 2.75) is 13.2 Å². The van der Waals surface area contributed by atoms with Gasteiger partial charge in [0.25, 0.3) is 0 Å². The summed E-state index contributed by atoms with van der Waals surface area (Å²) >= 11 is 1.53. The molecule has 0 aromatic carbocycles. The Kier molecular flexibility index (Phi) is 3.48. The van der Waals surface area contributed by atoms with Crippen LogP contribution in [0.15, 0.2) is 11.6 Å². The van der Waals surface area contributed by atoms with Crippen LogP contribution < -0.4 is 0 Å². The van der Waals surface area contributed by atoms with Crippen LogP contribution in [0.1, 0.15) is 18.2 Å². The van der Waals surface area contributed by atoms with E-state index in [4.69, 9.17) is 9.47 Å². The molecule has 11 heavy (non-hydrogen) atoms. The highest BCUT2D eigenvalue weighted by atomic mass is 32.1. The summed E-state index contributed by atoms with van der Waals surface area (Å²) in [5.41, 5.74) is 0. The normalized spacial score (nSPS) is 13.3. The Morgan fingerprint density at radius 3 is 3.00 bits per heavy atom. The summed E-state index contributed by atoms with van der Waals surface area (Å²) in [6, 6.07) is 0. The molecule has 0 aliphatic rings. The average molecular weight is 173 g/mol. The number of aromatic nitrogens is 1. The fourth-order valence-electron chi connectivity index (χ4n) is 0.742. The second kappa shape index (κ2) is 4.43. The highest BCUT2D eigenvalue weighted by Gasteiger charge is 2.11. The number of hydrogen-bond donors (Lipinski definition) is 0. The van der Waals surface area contributed by atoms with Gasteiger partial charge in [0.2, 0.25) is 6.29 Å². The van der Waals surface area contributed by atoms with E-state index in [0.717, 1.165) is 5.01 Å². The minimum Gasteiger partial charge on any atom is -0.350 e. The summed E-state index contributed by atoms with van der Waals surface area (Å²) in [7, 11) is 1.61. The van der Waals surface area contributed by atoms with Crippen molar-refractivity contribution in [3.05, 3.63) is 16.6 Å². The zero-order valence-electron chi connectivity index (χ0n) is 6.61. The van der Waals surface area contributed by atoms with Crippen molar-refractivity contribution in [2.24, 2.45) is 0 Å². The molecular formula is C7H11NO2S. The summed E-state index contributed by atoms with van der Waals surface area (Å²) in [5, 5.41) is 2.77. The number of hydrogen-bond acceptors (Lipinski definition) is 4. The van der Waals surface area contributed by atoms with Crippen molar-refractivity contribution >= 4 is 11.3 Å². The van der Waals surface area contributed by atoms with Crippen LogP contribution in [0, 0.1) is 0 Å². The van der Waals surface area contributed by atoms with E-state index in [0.29, 0.717) is 6.61 Å². The molecule has 0 aliphatic carbocycles. The summed E-state index contributed by atoms with van der Waals surface area (Å²) in [4.78, 5) is 4.07. The van der Waals surface area contributed by atoms with E-state index in [-0.39, 0.29) is 6.29 Å². The molecule has 1 atom stereocenters. The smallest absolute Gasteiger partial charge is 0.210 e. The molecule has 1 aromatic heterocycles. The highest BCUT2D eigenvalue weighted by molar-refractivity contribution is 7.09. The molecule has 0 fully saturated rings. The van der Waals surface area contributed by atoms with E-state index in [9.17, 15) is 0 Å². The number of methoxy groups -OCH3 is 1. The molecule has 0 spiro atoms. The average Bonchev–Trinajstić information content (AvgIpc) is 2.52. The van der Waals surface area contributed by atoms with E-state index in [1.807, 2.05) is 12.3 Å². The Labute approximate surface area is 70.0 Å². The quantitative estimate of drug-likeness (QED) is 0.651. The lowest BCUT2D eigenvalue weighted by atomic mass is 10.6. The van der Waals surface area contributed by atoms with Crippen LogP contribution in [0.5, 0.6) is 0 Å². The van der Waals surface area contributed by atoms with Gasteiger partial charge < -0.3 is 9.47 Å². The van der Waals surface area contributed by atoms with Crippen LogP contribution in [0.4, 0.5) is 0 Å². The maximum atomic E-state index is 5.26. The third-order valence-electron chi connectivity index (χ3n) is 1.19. The summed E-state index contributed by atoms with van der Waals surface area (Å²) in [6.07, 6.45) is 1.45. The first-order valence-corrected chi connectivity index (χ1v) is 4.30. The van der Waals surface area contributed by atoms with E-state index in [1.54, 1.807) is 13.3 Å². The van der Waals surface area contributed by atoms with E-state index in [2.05, 4.69) is 4.98 Å². The zero-order valence-corrected chi connectivity index (χ0v) is 7.43. The molecule has 1 unspecified atom stereocenters. The number of thiazole rings is 1. The number of ether oxygens (including phenoxy) is 2. The van der Waals surface area contributed by atoms with Gasteiger partial charge in [-0.2, -0.15) is 0 Å². The van der Waals surface area contributed by atoms with Crippen molar-refractivity contribution in [2.75, 3.05) is 13.7 Å². The standard InChI is InChI=1S/C7H11NO2S/c1-3-10-7(9-2)6-8-4-5-11-6/h4-5,7H,3H2,1-2H3. The highest BCUT2D eigenvalue weighted by Crippen LogP contribution is 2.19. The van der Waals surface area contributed by atoms with Crippen molar-refractivity contribution < 1.29 is 9.47 Å². The first-order chi connectivity index (χ1) is 5.38. The van der Waals surface area contributed by atoms with E-state index < -0.39 is 0 Å². The molecule has 0 amide bonds. The fourth-order valence-corrected chi connectivity index (χ4v) is 1.40. The largest absolute Gasteiger partial charge is 0.350 e. The van der Waals surface area contributed by atoms with Gasteiger partial charge in [0.15, 0.2) is 0 Å². The number of nitrogens with zero attached hydrogens (tertiary/aromatic N) is 1. The third kappa shape index (κ3) is 2.25. The molecular weight excluding hydrogens is 162 g/mol. The van der Waals surface area contributed by atoms with Gasteiger partial charge in [-0.1, -0.05) is 0 Å². The summed E-state index contributed by atoms with van der Waals surface area (Å²) in [5.74, 6) is 0. The first-order valence-electron chi connectivity index (χ1n) is 3.42. The lowest BCUT2D eigenvalue weighted by molar-refractivity contribution is -0.124. The molecule has 0 aliphatic heterocycles. The zero-order chi connectivity index (χ0) is 8.10. The minimum atomic E-state index is -0.292. The predicted molar refractivity (Wildman–Crippen MR) is 43.5 cm³/mol. The molecule has 3 nitrogen and oxygen atoms in total. The Morgan fingerprint density at radius 2 is 2.55 bits per heavy atom. The lowest BCUT2D eigenvalue weighted by Gasteiger charge is -2.11. The molecule has 1 aromatic rings. The fraction of sp³-hybridized carbons (Fsp3) is 0.571. The monoisotopic (exact) mass is 173 g/mol. The maximum Gasteiger partial charge on any atom is 0.210 e. The molecule has 0 bridgehead atoms. The Hall–Kier alpha value is -0.450. The summed E-state index contributed by atoms with van der Waals surface area (Å²) < 4.78 is 10.3. The molecule has 0 saturated carbocycles. The van der Waals surface area contributed by atoms with Gasteiger partial charge in [0, 0.05) is 25.3 Å². The van der Waals surface area contributed by atoms with Crippen LogP contribution in [0.25, 0.3) is 0 Å². The van der Waals surface area contributed by atoms with Crippen molar-refractivity contribution in [1.29, 1.82) is 0 Å². The van der Waals surface area contributed by atoms with Crippen LogP contribution >= 0.6 is 11.3 Å². The molecule has 0 saturated heterocycles. The minimum absolute atomic E-state index is 0.292. The first kappa shape index (κ1) is 8.64. The van der Waals surface area contributed by atoms with E-state index in [1.165, 1.54) is 11.3 Å². The maximum absolute atomic E-state index is 5.26. The molecule has 1 rings (SSSR count). The predicted octanol–water partition coefficient (Wildman–Crippen LogP) is 1.82. The Balaban J connectivity index is 2.56. The molecule has 1 heterocycles. The van der Waals surface area contributed by atoms with Crippen molar-refractivity contribution in [1.82, 2.24) is 4.98 Å². The van der Waals surface area contributed by atoms with Gasteiger partial charge in [-0.25, -0.2) is 4.98 Å². The second-order valence-electron chi connectivity index (χ2n) is 1.89. The van der Waals surface area contributed by atoms with Gasteiger partial charge in [-0.05, 0) is 6.92 Å². The van der Waals surface area contributed by atoms with Gasteiger partial charge in [0.05, 0.1) is 0 Å². The van der Waals surface area contributed by atoms with Crippen LogP contribution in [0.3, 0.4) is 0 Å². The summed E-state index contributed by atoms with van der Waals surface area (Å²) in [6.45, 7) is 2.57. The van der Waals surface area contributed by atoms with Gasteiger partial charge >= 0.3 is 0 Å². The topological polar surface area (TPSA) is 31.4 Å². The number of rotatable bonds is 4. The third-order valence-corrected chi connectivity index (χ3v) is 1.98. The SMILES string of the molecule is CCOC(OC)c1nccs1. The van der Waals surface area contributed by atoms with Crippen LogP contribution in [-0.2, 0) is 9.47 Å². The van der Waals surface area contributed by atoms with Crippen LogP contribution in [-0.4, -0.2) is 18.7 Å². The van der Waals surface area contributed by atoms with Crippen molar-refractivity contribution in [3.8, 4) is 0 Å². The van der Waals surface area contributed by atoms with Gasteiger partial charge in [0.1, 0.15) is 5.01 Å². The van der Waals surface area contributed by atoms with Crippen molar-refractivity contribution in [3.63, 3.8) is 0 Å².